The van der Waals surface area contributed by atoms with Crippen molar-refractivity contribution in [2.45, 2.75) is 32.4 Å². The van der Waals surface area contributed by atoms with Crippen LogP contribution in [0.3, 0.4) is 0 Å². The van der Waals surface area contributed by atoms with Gasteiger partial charge in [-0.15, -0.1) is 12.3 Å². The maximum atomic E-state index is 5.34. The highest BCUT2D eigenvalue weighted by molar-refractivity contribution is 5.63. The molecule has 1 heteroatoms. The maximum Gasteiger partial charge on any atom is 0.0294 e. The van der Waals surface area contributed by atoms with Crippen molar-refractivity contribution in [3.8, 4) is 23.5 Å². The van der Waals surface area contributed by atoms with E-state index in [1.807, 2.05) is 6.07 Å². The number of nitrogens with one attached hydrogen (secondary N) is 1. The summed E-state index contributed by atoms with van der Waals surface area (Å²) in [6, 6.07) is 19.8. The Morgan fingerprint density at radius 2 is 1.55 bits per heavy atom. The molecule has 0 saturated heterocycles. The molecule has 0 saturated carbocycles. The van der Waals surface area contributed by atoms with Gasteiger partial charge in [-0.05, 0) is 30.5 Å². The van der Waals surface area contributed by atoms with Gasteiger partial charge in [0.2, 0.25) is 0 Å². The van der Waals surface area contributed by atoms with Crippen LogP contribution in [0.2, 0.25) is 0 Å². The van der Waals surface area contributed by atoms with Crippen LogP contribution in [-0.4, -0.2) is 6.04 Å². The fourth-order valence-electron chi connectivity index (χ4n) is 2.35. The maximum absolute atomic E-state index is 5.34. The van der Waals surface area contributed by atoms with Crippen molar-refractivity contribution in [3.05, 3.63) is 60.2 Å². The smallest absolute Gasteiger partial charge is 0.0294 e. The molecular weight excluding hydrogens is 242 g/mol. The molecule has 0 aromatic heterocycles. The molecular formula is C19H21N. The summed E-state index contributed by atoms with van der Waals surface area (Å²) in [7, 11) is 0. The average molecular weight is 263 g/mol. The summed E-state index contributed by atoms with van der Waals surface area (Å²) in [5.41, 5.74) is 3.78. The Hall–Kier alpha value is -2.04. The first-order chi connectivity index (χ1) is 9.70. The number of rotatable bonds is 5. The van der Waals surface area contributed by atoms with E-state index in [2.05, 4.69) is 73.6 Å². The molecule has 0 aliphatic rings. The van der Waals surface area contributed by atoms with Crippen molar-refractivity contribution in [3.63, 3.8) is 0 Å². The van der Waals surface area contributed by atoms with Gasteiger partial charge in [0.25, 0.3) is 0 Å². The lowest BCUT2D eigenvalue weighted by molar-refractivity contribution is 0.486. The second-order valence-electron chi connectivity index (χ2n) is 5.19. The van der Waals surface area contributed by atoms with Crippen molar-refractivity contribution in [2.24, 2.45) is 0 Å². The summed E-state index contributed by atoms with van der Waals surface area (Å²) in [6.07, 6.45) is 6.09. The first kappa shape index (κ1) is 14.4. The zero-order valence-electron chi connectivity index (χ0n) is 12.1. The van der Waals surface area contributed by atoms with Crippen LogP contribution in [0.5, 0.6) is 0 Å². The summed E-state index contributed by atoms with van der Waals surface area (Å²) in [5.74, 6) is 2.69. The summed E-state index contributed by atoms with van der Waals surface area (Å²) in [6.45, 7) is 4.29. The van der Waals surface area contributed by atoms with Crippen LogP contribution in [0.25, 0.3) is 11.1 Å². The molecule has 0 fully saturated rings. The van der Waals surface area contributed by atoms with E-state index >= 15 is 0 Å². The Morgan fingerprint density at radius 3 is 2.15 bits per heavy atom. The zero-order chi connectivity index (χ0) is 14.4. The third-order valence-corrected chi connectivity index (χ3v) is 3.48. The summed E-state index contributed by atoms with van der Waals surface area (Å²) in [4.78, 5) is 0. The first-order valence-electron chi connectivity index (χ1n) is 7.05. The van der Waals surface area contributed by atoms with E-state index in [4.69, 9.17) is 6.42 Å². The largest absolute Gasteiger partial charge is 0.307 e. The highest BCUT2D eigenvalue weighted by atomic mass is 14.9. The molecule has 1 N–H and O–H groups in total. The number of benzene rings is 2. The van der Waals surface area contributed by atoms with Gasteiger partial charge in [-0.3, -0.25) is 0 Å². The average Bonchev–Trinajstić information content (AvgIpc) is 2.48. The minimum absolute atomic E-state index is 0.308. The van der Waals surface area contributed by atoms with Crippen LogP contribution < -0.4 is 5.32 Å². The Kier molecular flexibility index (Phi) is 4.98. The molecule has 102 valence electrons. The molecule has 2 aromatic carbocycles. The second-order valence-corrected chi connectivity index (χ2v) is 5.19. The van der Waals surface area contributed by atoms with Crippen LogP contribution in [-0.2, 0) is 0 Å². The van der Waals surface area contributed by atoms with Gasteiger partial charge in [0, 0.05) is 18.5 Å². The monoisotopic (exact) mass is 263 g/mol. The molecule has 0 aliphatic heterocycles. The van der Waals surface area contributed by atoms with Gasteiger partial charge >= 0.3 is 0 Å². The highest BCUT2D eigenvalue weighted by Crippen LogP contribution is 2.22. The highest BCUT2D eigenvalue weighted by Gasteiger charge is 2.08. The van der Waals surface area contributed by atoms with Gasteiger partial charge in [-0.1, -0.05) is 54.6 Å². The SMILES string of the molecule is C#CCC(C)NC(C)c1ccc(-c2ccccc2)cc1. The van der Waals surface area contributed by atoms with Crippen LogP contribution in [0.15, 0.2) is 54.6 Å². The lowest BCUT2D eigenvalue weighted by atomic mass is 10.0. The minimum atomic E-state index is 0.308. The Balaban J connectivity index is 2.07. The van der Waals surface area contributed by atoms with E-state index in [1.54, 1.807) is 0 Å². The van der Waals surface area contributed by atoms with Crippen LogP contribution in [0.1, 0.15) is 31.9 Å². The van der Waals surface area contributed by atoms with E-state index in [9.17, 15) is 0 Å². The molecule has 0 bridgehead atoms. The van der Waals surface area contributed by atoms with Gasteiger partial charge in [0.1, 0.15) is 0 Å². The third kappa shape index (κ3) is 3.73. The second kappa shape index (κ2) is 6.93. The van der Waals surface area contributed by atoms with E-state index < -0.39 is 0 Å². The summed E-state index contributed by atoms with van der Waals surface area (Å²) < 4.78 is 0. The molecule has 0 aliphatic carbocycles. The van der Waals surface area contributed by atoms with Gasteiger partial charge < -0.3 is 5.32 Å². The van der Waals surface area contributed by atoms with Crippen LogP contribution in [0, 0.1) is 12.3 Å². The Morgan fingerprint density at radius 1 is 0.950 bits per heavy atom. The predicted molar refractivity (Wildman–Crippen MR) is 86.3 cm³/mol. The molecule has 20 heavy (non-hydrogen) atoms. The topological polar surface area (TPSA) is 12.0 Å². The quantitative estimate of drug-likeness (QED) is 0.788. The van der Waals surface area contributed by atoms with Crippen molar-refractivity contribution >= 4 is 0 Å². The Bertz CT molecular complexity index is 563. The van der Waals surface area contributed by atoms with Crippen molar-refractivity contribution in [1.29, 1.82) is 0 Å². The van der Waals surface area contributed by atoms with Gasteiger partial charge in [0.15, 0.2) is 0 Å². The lowest BCUT2D eigenvalue weighted by Gasteiger charge is -2.19. The minimum Gasteiger partial charge on any atom is -0.307 e. The fourth-order valence-corrected chi connectivity index (χ4v) is 2.35. The third-order valence-electron chi connectivity index (χ3n) is 3.48. The molecule has 0 amide bonds. The number of hydrogen-bond acceptors (Lipinski definition) is 1. The van der Waals surface area contributed by atoms with E-state index in [1.165, 1.54) is 16.7 Å². The normalized spacial score (nSPS) is 13.4. The first-order valence-corrected chi connectivity index (χ1v) is 7.05. The summed E-state index contributed by atoms with van der Waals surface area (Å²) >= 11 is 0. The fraction of sp³-hybridized carbons (Fsp3) is 0.263. The molecule has 2 unspecified atom stereocenters. The molecule has 2 atom stereocenters. The molecule has 1 nitrogen and oxygen atoms in total. The summed E-state index contributed by atoms with van der Waals surface area (Å²) in [5, 5.41) is 3.51. The Labute approximate surface area is 122 Å². The van der Waals surface area contributed by atoms with Crippen molar-refractivity contribution in [1.82, 2.24) is 5.32 Å². The van der Waals surface area contributed by atoms with Crippen LogP contribution >= 0.6 is 0 Å². The molecule has 0 heterocycles. The van der Waals surface area contributed by atoms with Gasteiger partial charge in [-0.2, -0.15) is 0 Å². The molecule has 2 rings (SSSR count). The molecule has 2 aromatic rings. The zero-order valence-corrected chi connectivity index (χ0v) is 12.1. The lowest BCUT2D eigenvalue weighted by Crippen LogP contribution is -2.28. The number of hydrogen-bond donors (Lipinski definition) is 1. The molecule has 0 radical (unpaired) electrons. The van der Waals surface area contributed by atoms with E-state index in [-0.39, 0.29) is 0 Å². The standard InChI is InChI=1S/C19H21N/c1-4-8-15(2)20-16(3)17-11-13-19(14-12-17)18-9-6-5-7-10-18/h1,5-7,9-16,20H,8H2,2-3H3. The van der Waals surface area contributed by atoms with Crippen LogP contribution in [0.4, 0.5) is 0 Å². The van der Waals surface area contributed by atoms with Crippen molar-refractivity contribution < 1.29 is 0 Å². The predicted octanol–water partition coefficient (Wildman–Crippen LogP) is 4.42. The molecule has 0 spiro atoms. The van der Waals surface area contributed by atoms with E-state index in [0.717, 1.165) is 6.42 Å². The van der Waals surface area contributed by atoms with Gasteiger partial charge in [0.05, 0.1) is 0 Å². The van der Waals surface area contributed by atoms with Gasteiger partial charge in [-0.25, -0.2) is 0 Å². The van der Waals surface area contributed by atoms with Crippen molar-refractivity contribution in [2.75, 3.05) is 0 Å². The van der Waals surface area contributed by atoms with E-state index in [0.29, 0.717) is 12.1 Å². The number of terminal acetylenes is 1.